The summed E-state index contributed by atoms with van der Waals surface area (Å²) >= 11 is 1.42. The highest BCUT2D eigenvalue weighted by atomic mass is 32.1. The highest BCUT2D eigenvalue weighted by molar-refractivity contribution is 7.08. The summed E-state index contributed by atoms with van der Waals surface area (Å²) in [5.41, 5.74) is 0.0175. The Balaban J connectivity index is 1.81. The number of carbonyl (C=O) groups excluding carboxylic acids is 3. The summed E-state index contributed by atoms with van der Waals surface area (Å²) in [6, 6.07) is 11.7. The average Bonchev–Trinajstić information content (AvgIpc) is 3.25. The molecule has 3 rings (SSSR count). The molecule has 2 aromatic rings. The van der Waals surface area contributed by atoms with E-state index in [4.69, 9.17) is 5.26 Å². The van der Waals surface area contributed by atoms with Crippen LogP contribution in [-0.4, -0.2) is 35.8 Å². The number of nitriles is 1. The van der Waals surface area contributed by atoms with Gasteiger partial charge in [0.05, 0.1) is 6.07 Å². The number of thiophene rings is 1. The highest BCUT2D eigenvalue weighted by Crippen LogP contribution is 2.30. The number of hydrogen-bond acceptors (Lipinski definition) is 5. The molecule has 1 saturated heterocycles. The molecule has 0 aliphatic carbocycles. The minimum absolute atomic E-state index is 0.172. The first kappa shape index (κ1) is 17.6. The van der Waals surface area contributed by atoms with Crippen molar-refractivity contribution in [3.8, 4) is 6.07 Å². The lowest BCUT2D eigenvalue weighted by molar-refractivity contribution is -0.134. The maximum atomic E-state index is 12.8. The Kier molecular flexibility index (Phi) is 4.73. The maximum absolute atomic E-state index is 12.8. The number of amides is 4. The van der Waals surface area contributed by atoms with Crippen LogP contribution in [0.1, 0.15) is 12.5 Å². The van der Waals surface area contributed by atoms with Crippen LogP contribution in [0, 0.1) is 11.3 Å². The zero-order valence-corrected chi connectivity index (χ0v) is 14.8. The van der Waals surface area contributed by atoms with Crippen LogP contribution in [0.15, 0.2) is 47.2 Å². The molecule has 1 aromatic carbocycles. The van der Waals surface area contributed by atoms with Crippen molar-refractivity contribution in [3.05, 3.63) is 52.7 Å². The normalized spacial score (nSPS) is 19.2. The first-order valence-corrected chi connectivity index (χ1v) is 8.81. The van der Waals surface area contributed by atoms with Crippen molar-refractivity contribution in [2.24, 2.45) is 0 Å². The van der Waals surface area contributed by atoms with Gasteiger partial charge in [-0.25, -0.2) is 4.79 Å². The smallest absolute Gasteiger partial charge is 0.319 e. The molecule has 7 nitrogen and oxygen atoms in total. The van der Waals surface area contributed by atoms with Gasteiger partial charge in [-0.2, -0.15) is 16.6 Å². The van der Waals surface area contributed by atoms with Gasteiger partial charge in [-0.3, -0.25) is 19.4 Å². The Morgan fingerprint density at radius 2 is 2.04 bits per heavy atom. The van der Waals surface area contributed by atoms with Crippen LogP contribution >= 0.6 is 11.3 Å². The van der Waals surface area contributed by atoms with Crippen molar-refractivity contribution in [1.82, 2.24) is 10.2 Å². The van der Waals surface area contributed by atoms with E-state index in [0.717, 1.165) is 4.90 Å². The molecule has 26 heavy (non-hydrogen) atoms. The van der Waals surface area contributed by atoms with Gasteiger partial charge < -0.3 is 5.32 Å². The van der Waals surface area contributed by atoms with Crippen LogP contribution in [0.4, 0.5) is 10.5 Å². The molecule has 0 spiro atoms. The molecule has 2 heterocycles. The van der Waals surface area contributed by atoms with Crippen molar-refractivity contribution in [3.63, 3.8) is 0 Å². The molecule has 1 unspecified atom stereocenters. The molecule has 0 radical (unpaired) electrons. The second-order valence-corrected chi connectivity index (χ2v) is 6.71. The lowest BCUT2D eigenvalue weighted by Gasteiger charge is -2.23. The molecule has 0 bridgehead atoms. The van der Waals surface area contributed by atoms with Crippen molar-refractivity contribution in [2.75, 3.05) is 18.0 Å². The van der Waals surface area contributed by atoms with E-state index in [-0.39, 0.29) is 6.54 Å². The average molecular weight is 368 g/mol. The van der Waals surface area contributed by atoms with Crippen LogP contribution < -0.4 is 10.2 Å². The van der Waals surface area contributed by atoms with E-state index in [0.29, 0.717) is 11.3 Å². The predicted octanol–water partition coefficient (Wildman–Crippen LogP) is 2.07. The quantitative estimate of drug-likeness (QED) is 0.646. The molecule has 8 heteroatoms. The summed E-state index contributed by atoms with van der Waals surface area (Å²) in [5.74, 6) is -0.991. The van der Waals surface area contributed by atoms with Gasteiger partial charge in [-0.15, -0.1) is 0 Å². The van der Waals surface area contributed by atoms with Crippen LogP contribution in [0.2, 0.25) is 0 Å². The third-order valence-electron chi connectivity index (χ3n) is 4.26. The van der Waals surface area contributed by atoms with Crippen molar-refractivity contribution >= 4 is 34.9 Å². The number of nitrogens with zero attached hydrogens (tertiary/aromatic N) is 3. The Bertz CT molecular complexity index is 876. The van der Waals surface area contributed by atoms with E-state index in [1.54, 1.807) is 48.7 Å². The number of anilines is 1. The second kappa shape index (κ2) is 6.98. The molecule has 132 valence electrons. The molecule has 1 N–H and O–H groups in total. The summed E-state index contributed by atoms with van der Waals surface area (Å²) in [6.45, 7) is 1.01. The summed E-state index contributed by atoms with van der Waals surface area (Å²) in [4.78, 5) is 39.9. The lowest BCUT2D eigenvalue weighted by Crippen LogP contribution is -2.44. The predicted molar refractivity (Wildman–Crippen MR) is 96.3 cm³/mol. The minimum atomic E-state index is -1.19. The van der Waals surface area contributed by atoms with Gasteiger partial charge in [0.2, 0.25) is 5.91 Å². The summed E-state index contributed by atoms with van der Waals surface area (Å²) in [7, 11) is 0. The van der Waals surface area contributed by atoms with Crippen molar-refractivity contribution < 1.29 is 14.4 Å². The van der Waals surface area contributed by atoms with E-state index >= 15 is 0 Å². The Morgan fingerprint density at radius 1 is 1.31 bits per heavy atom. The minimum Gasteiger partial charge on any atom is -0.319 e. The van der Waals surface area contributed by atoms with Gasteiger partial charge in [0.1, 0.15) is 18.6 Å². The van der Waals surface area contributed by atoms with Crippen LogP contribution in [0.3, 0.4) is 0 Å². The number of hydrogen-bond donors (Lipinski definition) is 1. The van der Waals surface area contributed by atoms with Crippen molar-refractivity contribution in [1.29, 1.82) is 5.26 Å². The van der Waals surface area contributed by atoms with Gasteiger partial charge >= 0.3 is 6.03 Å². The molecular formula is C18H16N4O3S. The van der Waals surface area contributed by atoms with E-state index in [9.17, 15) is 14.4 Å². The van der Waals surface area contributed by atoms with Crippen LogP contribution in [0.25, 0.3) is 0 Å². The summed E-state index contributed by atoms with van der Waals surface area (Å²) in [5, 5.41) is 15.3. The maximum Gasteiger partial charge on any atom is 0.325 e. The van der Waals surface area contributed by atoms with Crippen LogP contribution in [0.5, 0.6) is 0 Å². The zero-order chi connectivity index (χ0) is 18.7. The van der Waals surface area contributed by atoms with Gasteiger partial charge in [-0.05, 0) is 41.4 Å². The number of urea groups is 1. The number of imide groups is 1. The number of carbonyl (C=O) groups is 3. The van der Waals surface area contributed by atoms with E-state index in [1.807, 2.05) is 11.4 Å². The van der Waals surface area contributed by atoms with E-state index in [1.165, 1.54) is 16.2 Å². The first-order chi connectivity index (χ1) is 12.5. The monoisotopic (exact) mass is 368 g/mol. The molecular weight excluding hydrogens is 352 g/mol. The molecule has 1 atom stereocenters. The van der Waals surface area contributed by atoms with Gasteiger partial charge in [0, 0.05) is 5.69 Å². The Morgan fingerprint density at radius 3 is 2.65 bits per heavy atom. The first-order valence-electron chi connectivity index (χ1n) is 7.86. The zero-order valence-electron chi connectivity index (χ0n) is 14.0. The van der Waals surface area contributed by atoms with Gasteiger partial charge in [0.25, 0.3) is 5.91 Å². The van der Waals surface area contributed by atoms with Crippen LogP contribution in [-0.2, 0) is 15.1 Å². The molecule has 1 fully saturated rings. The lowest BCUT2D eigenvalue weighted by atomic mass is 9.95. The molecule has 4 amide bonds. The molecule has 1 aromatic heterocycles. The number of rotatable bonds is 5. The second-order valence-electron chi connectivity index (χ2n) is 5.93. The number of benzene rings is 1. The van der Waals surface area contributed by atoms with E-state index < -0.39 is 29.9 Å². The SMILES string of the molecule is CC1(c2ccsc2)NC(=O)N(CC(=O)N(CC#N)c2ccccc2)C1=O. The topological polar surface area (TPSA) is 93.5 Å². The highest BCUT2D eigenvalue weighted by Gasteiger charge is 2.49. The van der Waals surface area contributed by atoms with Gasteiger partial charge in [0.15, 0.2) is 0 Å². The Hall–Kier alpha value is -3.18. The number of para-hydroxylation sites is 1. The van der Waals surface area contributed by atoms with E-state index in [2.05, 4.69) is 5.32 Å². The standard InChI is InChI=1S/C18H16N4O3S/c1-18(13-7-10-26-12-13)16(24)22(17(25)20-18)11-15(23)21(9-8-19)14-5-3-2-4-6-14/h2-7,10,12H,9,11H2,1H3,(H,20,25). The summed E-state index contributed by atoms with van der Waals surface area (Å²) < 4.78 is 0. The fourth-order valence-corrected chi connectivity index (χ4v) is 3.57. The Labute approximate surface area is 154 Å². The summed E-state index contributed by atoms with van der Waals surface area (Å²) in [6.07, 6.45) is 0. The fourth-order valence-electron chi connectivity index (χ4n) is 2.81. The third kappa shape index (κ3) is 3.05. The third-order valence-corrected chi connectivity index (χ3v) is 4.95. The number of nitrogens with one attached hydrogen (secondary N) is 1. The largest absolute Gasteiger partial charge is 0.325 e. The molecule has 0 saturated carbocycles. The fraction of sp³-hybridized carbons (Fsp3) is 0.222. The molecule has 1 aliphatic rings. The van der Waals surface area contributed by atoms with Crippen molar-refractivity contribution in [2.45, 2.75) is 12.5 Å². The van der Waals surface area contributed by atoms with Gasteiger partial charge in [-0.1, -0.05) is 18.2 Å². The molecule has 1 aliphatic heterocycles.